The Morgan fingerprint density at radius 1 is 1.06 bits per heavy atom. The largest absolute Gasteiger partial charge is 0.496 e. The Hall–Kier alpha value is -3.81. The molecule has 1 heterocycles. The van der Waals surface area contributed by atoms with E-state index < -0.39 is 0 Å². The second-order valence-electron chi connectivity index (χ2n) is 7.25. The van der Waals surface area contributed by atoms with Gasteiger partial charge in [-0.2, -0.15) is 0 Å². The van der Waals surface area contributed by atoms with E-state index in [1.807, 2.05) is 13.8 Å². The number of aromatic nitrogens is 1. The van der Waals surface area contributed by atoms with Crippen LogP contribution in [0.3, 0.4) is 0 Å². The zero-order valence-electron chi connectivity index (χ0n) is 17.7. The molecule has 2 N–H and O–H groups in total. The number of anilines is 1. The number of benzene rings is 2. The van der Waals surface area contributed by atoms with E-state index >= 15 is 0 Å². The molecule has 0 aliphatic rings. The van der Waals surface area contributed by atoms with Gasteiger partial charge in [0.05, 0.1) is 12.7 Å². The summed E-state index contributed by atoms with van der Waals surface area (Å²) in [6.45, 7) is 4.71. The van der Waals surface area contributed by atoms with E-state index in [1.54, 1.807) is 54.6 Å². The Labute approximate surface area is 180 Å². The van der Waals surface area contributed by atoms with Crippen LogP contribution in [0.15, 0.2) is 59.1 Å². The van der Waals surface area contributed by atoms with Gasteiger partial charge in [0, 0.05) is 18.3 Å². The normalized spacial score (nSPS) is 10.6. The first-order valence-corrected chi connectivity index (χ1v) is 9.87. The minimum absolute atomic E-state index is 0.122. The SMILES string of the molecule is COc1ccccc1C(=O)Nc1ccc(OCc2cc(C(=O)NCC(C)C)no2)cc1. The third kappa shape index (κ3) is 6.08. The molecule has 3 aromatic rings. The molecular formula is C23H25N3O5. The fourth-order valence-corrected chi connectivity index (χ4v) is 2.70. The van der Waals surface area contributed by atoms with Gasteiger partial charge in [-0.3, -0.25) is 9.59 Å². The summed E-state index contributed by atoms with van der Waals surface area (Å²) in [5.74, 6) is 1.32. The van der Waals surface area contributed by atoms with Crippen molar-refractivity contribution in [3.63, 3.8) is 0 Å². The number of nitrogens with one attached hydrogen (secondary N) is 2. The fraction of sp³-hybridized carbons (Fsp3) is 0.261. The predicted octanol–water partition coefficient (Wildman–Crippen LogP) is 3.90. The number of para-hydroxylation sites is 1. The Bertz CT molecular complexity index is 1030. The molecule has 0 unspecified atom stereocenters. The summed E-state index contributed by atoms with van der Waals surface area (Å²) in [4.78, 5) is 24.4. The van der Waals surface area contributed by atoms with Crippen molar-refractivity contribution in [2.24, 2.45) is 5.92 Å². The van der Waals surface area contributed by atoms with Crippen LogP contribution in [0.4, 0.5) is 5.69 Å². The average molecular weight is 423 g/mol. The molecule has 8 heteroatoms. The molecule has 0 saturated carbocycles. The second-order valence-corrected chi connectivity index (χ2v) is 7.25. The highest BCUT2D eigenvalue weighted by atomic mass is 16.5. The molecule has 162 valence electrons. The molecule has 0 aliphatic carbocycles. The number of ether oxygens (including phenoxy) is 2. The van der Waals surface area contributed by atoms with Crippen LogP contribution in [-0.2, 0) is 6.61 Å². The molecule has 0 atom stereocenters. The smallest absolute Gasteiger partial charge is 0.273 e. The van der Waals surface area contributed by atoms with Gasteiger partial charge in [0.25, 0.3) is 11.8 Å². The van der Waals surface area contributed by atoms with E-state index in [1.165, 1.54) is 7.11 Å². The fourth-order valence-electron chi connectivity index (χ4n) is 2.70. The Kier molecular flexibility index (Phi) is 7.26. The van der Waals surface area contributed by atoms with Crippen molar-refractivity contribution in [1.82, 2.24) is 10.5 Å². The highest BCUT2D eigenvalue weighted by Gasteiger charge is 2.14. The zero-order valence-corrected chi connectivity index (χ0v) is 17.7. The van der Waals surface area contributed by atoms with Crippen molar-refractivity contribution in [1.29, 1.82) is 0 Å². The Balaban J connectivity index is 1.53. The van der Waals surface area contributed by atoms with Gasteiger partial charge < -0.3 is 24.6 Å². The number of carbonyl (C=O) groups excluding carboxylic acids is 2. The van der Waals surface area contributed by atoms with Gasteiger partial charge in [-0.25, -0.2) is 0 Å². The highest BCUT2D eigenvalue weighted by molar-refractivity contribution is 6.06. The first-order valence-electron chi connectivity index (χ1n) is 9.87. The standard InChI is InChI=1S/C23H25N3O5/c1-15(2)13-24-23(28)20-12-18(31-26-20)14-30-17-10-8-16(9-11-17)25-22(27)19-6-4-5-7-21(19)29-3/h4-12,15H,13-14H2,1-3H3,(H,24,28)(H,25,27). The van der Waals surface area contributed by atoms with Crippen LogP contribution in [0.5, 0.6) is 11.5 Å². The molecule has 0 fully saturated rings. The van der Waals surface area contributed by atoms with E-state index in [-0.39, 0.29) is 24.1 Å². The molecule has 0 radical (unpaired) electrons. The molecule has 2 aromatic carbocycles. The summed E-state index contributed by atoms with van der Waals surface area (Å²) in [6, 6.07) is 15.5. The Morgan fingerprint density at radius 2 is 1.81 bits per heavy atom. The molecule has 2 amide bonds. The number of methoxy groups -OCH3 is 1. The van der Waals surface area contributed by atoms with Crippen molar-refractivity contribution < 1.29 is 23.6 Å². The van der Waals surface area contributed by atoms with E-state index in [9.17, 15) is 9.59 Å². The second kappa shape index (κ2) is 10.3. The molecule has 8 nitrogen and oxygen atoms in total. The first-order chi connectivity index (χ1) is 15.0. The maximum absolute atomic E-state index is 12.5. The number of hydrogen-bond acceptors (Lipinski definition) is 6. The van der Waals surface area contributed by atoms with E-state index in [2.05, 4.69) is 15.8 Å². The van der Waals surface area contributed by atoms with Gasteiger partial charge in [-0.05, 0) is 42.3 Å². The van der Waals surface area contributed by atoms with Crippen LogP contribution in [0.1, 0.15) is 40.5 Å². The predicted molar refractivity (Wildman–Crippen MR) is 115 cm³/mol. The highest BCUT2D eigenvalue weighted by Crippen LogP contribution is 2.21. The third-order valence-corrected chi connectivity index (χ3v) is 4.31. The maximum Gasteiger partial charge on any atom is 0.273 e. The zero-order chi connectivity index (χ0) is 22.2. The quantitative estimate of drug-likeness (QED) is 0.541. The van der Waals surface area contributed by atoms with Crippen LogP contribution < -0.4 is 20.1 Å². The van der Waals surface area contributed by atoms with E-state index in [0.29, 0.717) is 41.0 Å². The lowest BCUT2D eigenvalue weighted by Crippen LogP contribution is -2.27. The molecule has 0 aliphatic heterocycles. The minimum Gasteiger partial charge on any atom is -0.496 e. The molecule has 1 aromatic heterocycles. The Morgan fingerprint density at radius 3 is 2.52 bits per heavy atom. The summed E-state index contributed by atoms with van der Waals surface area (Å²) >= 11 is 0. The lowest BCUT2D eigenvalue weighted by molar-refractivity contribution is 0.0938. The average Bonchev–Trinajstić information content (AvgIpc) is 3.26. The number of hydrogen-bond donors (Lipinski definition) is 2. The monoisotopic (exact) mass is 423 g/mol. The molecular weight excluding hydrogens is 398 g/mol. The van der Waals surface area contributed by atoms with Gasteiger partial charge in [-0.1, -0.05) is 31.1 Å². The first kappa shape index (κ1) is 21.9. The van der Waals surface area contributed by atoms with E-state index in [4.69, 9.17) is 14.0 Å². The van der Waals surface area contributed by atoms with Crippen LogP contribution in [0.2, 0.25) is 0 Å². The van der Waals surface area contributed by atoms with Crippen LogP contribution in [0.25, 0.3) is 0 Å². The minimum atomic E-state index is -0.279. The molecule has 3 rings (SSSR count). The summed E-state index contributed by atoms with van der Waals surface area (Å²) < 4.78 is 16.0. The number of amides is 2. The topological polar surface area (TPSA) is 103 Å². The van der Waals surface area contributed by atoms with Gasteiger partial charge in [0.2, 0.25) is 0 Å². The van der Waals surface area contributed by atoms with Gasteiger partial charge in [0.1, 0.15) is 18.1 Å². The van der Waals surface area contributed by atoms with Gasteiger partial charge in [-0.15, -0.1) is 0 Å². The number of nitrogens with zero attached hydrogens (tertiary/aromatic N) is 1. The van der Waals surface area contributed by atoms with Gasteiger partial charge >= 0.3 is 0 Å². The van der Waals surface area contributed by atoms with Crippen molar-refractivity contribution in [3.8, 4) is 11.5 Å². The molecule has 31 heavy (non-hydrogen) atoms. The van der Waals surface area contributed by atoms with Crippen LogP contribution >= 0.6 is 0 Å². The molecule has 0 bridgehead atoms. The third-order valence-electron chi connectivity index (χ3n) is 4.31. The van der Waals surface area contributed by atoms with Crippen molar-refractivity contribution >= 4 is 17.5 Å². The lowest BCUT2D eigenvalue weighted by atomic mass is 10.2. The van der Waals surface area contributed by atoms with Gasteiger partial charge in [0.15, 0.2) is 11.5 Å². The van der Waals surface area contributed by atoms with Crippen LogP contribution in [0, 0.1) is 5.92 Å². The van der Waals surface area contributed by atoms with E-state index in [0.717, 1.165) is 0 Å². The molecule has 0 saturated heterocycles. The van der Waals surface area contributed by atoms with Crippen molar-refractivity contribution in [3.05, 3.63) is 71.6 Å². The molecule has 0 spiro atoms. The maximum atomic E-state index is 12.5. The van der Waals surface area contributed by atoms with Crippen molar-refractivity contribution in [2.75, 3.05) is 19.0 Å². The summed E-state index contributed by atoms with van der Waals surface area (Å²) in [5.41, 5.74) is 1.28. The summed E-state index contributed by atoms with van der Waals surface area (Å²) in [6.07, 6.45) is 0. The summed E-state index contributed by atoms with van der Waals surface area (Å²) in [5, 5.41) is 9.37. The van der Waals surface area contributed by atoms with Crippen molar-refractivity contribution in [2.45, 2.75) is 20.5 Å². The lowest BCUT2D eigenvalue weighted by Gasteiger charge is -2.10. The van der Waals surface area contributed by atoms with Crippen LogP contribution in [-0.4, -0.2) is 30.6 Å². The number of rotatable bonds is 9. The summed E-state index contributed by atoms with van der Waals surface area (Å²) in [7, 11) is 1.52. The number of carbonyl (C=O) groups is 2.